The molecule has 0 aliphatic heterocycles. The van der Waals surface area contributed by atoms with Gasteiger partial charge in [0.05, 0.1) is 12.2 Å². The van der Waals surface area contributed by atoms with Gasteiger partial charge in [-0.2, -0.15) is 4.31 Å². The lowest BCUT2D eigenvalue weighted by molar-refractivity contribution is -0.116. The molecular formula is C16H15N5O3S3. The van der Waals surface area contributed by atoms with Gasteiger partial charge < -0.3 is 5.32 Å². The van der Waals surface area contributed by atoms with E-state index in [0.29, 0.717) is 5.69 Å². The Labute approximate surface area is 164 Å². The average molecular weight is 422 g/mol. The lowest BCUT2D eigenvalue weighted by Gasteiger charge is -2.17. The summed E-state index contributed by atoms with van der Waals surface area (Å²) in [5.41, 5.74) is 2.21. The number of benzene rings is 1. The highest BCUT2D eigenvalue weighted by Gasteiger charge is 2.23. The van der Waals surface area contributed by atoms with Crippen LogP contribution in [0.15, 0.2) is 68.4 Å². The minimum atomic E-state index is -3.79. The summed E-state index contributed by atoms with van der Waals surface area (Å²) in [6, 6.07) is 10.2. The van der Waals surface area contributed by atoms with E-state index in [0.717, 1.165) is 13.5 Å². The Hall–Kier alpha value is -2.34. The van der Waals surface area contributed by atoms with Crippen LogP contribution in [0.4, 0.5) is 5.69 Å². The van der Waals surface area contributed by atoms with Crippen LogP contribution in [0.1, 0.15) is 0 Å². The number of aromatic nitrogens is 3. The summed E-state index contributed by atoms with van der Waals surface area (Å²) in [6.07, 6.45) is 2.73. The molecule has 27 heavy (non-hydrogen) atoms. The third-order valence-electron chi connectivity index (χ3n) is 3.41. The van der Waals surface area contributed by atoms with Crippen molar-refractivity contribution < 1.29 is 13.2 Å². The largest absolute Gasteiger partial charge is 0.324 e. The number of pyridine rings is 1. The van der Waals surface area contributed by atoms with Crippen LogP contribution in [0, 0.1) is 0 Å². The summed E-state index contributed by atoms with van der Waals surface area (Å²) in [5, 5.41) is 10.5. The predicted octanol–water partition coefficient (Wildman–Crippen LogP) is 2.34. The highest BCUT2D eigenvalue weighted by molar-refractivity contribution is 8.01. The standard InChI is InChI=1S/C16H15N5O3S3/c1-21(27(23,24)12-5-4-8-17-9-12)10-15(22)19-13-6-2-3-7-14(13)26-16-20-18-11-25-16/h2-9,11H,10H2,1H3,(H,19,22). The van der Waals surface area contributed by atoms with Crippen molar-refractivity contribution in [3.05, 3.63) is 54.3 Å². The van der Waals surface area contributed by atoms with E-state index in [1.807, 2.05) is 12.1 Å². The number of carbonyl (C=O) groups is 1. The van der Waals surface area contributed by atoms with Crippen molar-refractivity contribution in [1.82, 2.24) is 19.5 Å². The number of likely N-dealkylation sites (N-methyl/N-ethyl adjacent to an activating group) is 1. The fourth-order valence-corrected chi connectivity index (χ4v) is 4.73. The number of hydrogen-bond acceptors (Lipinski definition) is 8. The Morgan fingerprint density at radius 1 is 1.26 bits per heavy atom. The average Bonchev–Trinajstić information content (AvgIpc) is 3.17. The molecule has 0 saturated heterocycles. The van der Waals surface area contributed by atoms with E-state index in [2.05, 4.69) is 20.5 Å². The van der Waals surface area contributed by atoms with E-state index in [9.17, 15) is 13.2 Å². The molecule has 0 atom stereocenters. The van der Waals surface area contributed by atoms with E-state index >= 15 is 0 Å². The first kappa shape index (κ1) is 19.4. The van der Waals surface area contributed by atoms with Crippen molar-refractivity contribution in [2.45, 2.75) is 14.1 Å². The normalized spacial score (nSPS) is 11.5. The maximum atomic E-state index is 12.5. The number of anilines is 1. The summed E-state index contributed by atoms with van der Waals surface area (Å²) in [4.78, 5) is 17.0. The van der Waals surface area contributed by atoms with E-state index in [1.165, 1.54) is 54.7 Å². The third kappa shape index (κ3) is 4.89. The van der Waals surface area contributed by atoms with Crippen LogP contribution in [0.5, 0.6) is 0 Å². The number of nitrogens with zero attached hydrogens (tertiary/aromatic N) is 4. The van der Waals surface area contributed by atoms with Gasteiger partial charge in [0, 0.05) is 24.3 Å². The minimum Gasteiger partial charge on any atom is -0.324 e. The molecule has 1 N–H and O–H groups in total. The van der Waals surface area contributed by atoms with Crippen LogP contribution >= 0.6 is 23.1 Å². The second-order valence-electron chi connectivity index (χ2n) is 5.30. The fourth-order valence-electron chi connectivity index (χ4n) is 2.12. The first-order valence-electron chi connectivity index (χ1n) is 7.66. The zero-order valence-corrected chi connectivity index (χ0v) is 16.6. The van der Waals surface area contributed by atoms with E-state index in [-0.39, 0.29) is 11.4 Å². The van der Waals surface area contributed by atoms with Gasteiger partial charge in [-0.05, 0) is 24.3 Å². The van der Waals surface area contributed by atoms with Gasteiger partial charge in [-0.25, -0.2) is 8.42 Å². The van der Waals surface area contributed by atoms with Gasteiger partial charge in [-0.15, -0.1) is 10.2 Å². The molecule has 3 aromatic rings. The van der Waals surface area contributed by atoms with Gasteiger partial charge >= 0.3 is 0 Å². The summed E-state index contributed by atoms with van der Waals surface area (Å²) >= 11 is 2.77. The number of amides is 1. The second kappa shape index (κ2) is 8.57. The molecule has 0 spiro atoms. The van der Waals surface area contributed by atoms with Gasteiger partial charge in [-0.3, -0.25) is 9.78 Å². The van der Waals surface area contributed by atoms with E-state index in [1.54, 1.807) is 17.6 Å². The molecule has 0 bridgehead atoms. The summed E-state index contributed by atoms with van der Waals surface area (Å²) in [7, 11) is -2.44. The molecule has 0 aliphatic rings. The Bertz CT molecular complexity index is 1010. The quantitative estimate of drug-likeness (QED) is 0.624. The van der Waals surface area contributed by atoms with Crippen molar-refractivity contribution in [3.63, 3.8) is 0 Å². The van der Waals surface area contributed by atoms with Gasteiger partial charge in [-0.1, -0.05) is 35.2 Å². The monoisotopic (exact) mass is 421 g/mol. The lowest BCUT2D eigenvalue weighted by atomic mass is 10.3. The van der Waals surface area contributed by atoms with E-state index in [4.69, 9.17) is 0 Å². The van der Waals surface area contributed by atoms with E-state index < -0.39 is 15.9 Å². The molecule has 0 radical (unpaired) electrons. The molecule has 0 saturated carbocycles. The van der Waals surface area contributed by atoms with Crippen LogP contribution in [0.3, 0.4) is 0 Å². The Morgan fingerprint density at radius 2 is 2.07 bits per heavy atom. The van der Waals surface area contributed by atoms with Crippen molar-refractivity contribution in [2.75, 3.05) is 18.9 Å². The lowest BCUT2D eigenvalue weighted by Crippen LogP contribution is -2.35. The number of hydrogen-bond donors (Lipinski definition) is 1. The second-order valence-corrected chi connectivity index (χ2v) is 9.47. The maximum absolute atomic E-state index is 12.5. The first-order valence-corrected chi connectivity index (χ1v) is 10.8. The molecule has 8 nitrogen and oxygen atoms in total. The molecule has 2 heterocycles. The van der Waals surface area contributed by atoms with Gasteiger partial charge in [0.25, 0.3) is 0 Å². The number of sulfonamides is 1. The fraction of sp³-hybridized carbons (Fsp3) is 0.125. The number of rotatable bonds is 7. The highest BCUT2D eigenvalue weighted by atomic mass is 32.2. The Morgan fingerprint density at radius 3 is 2.78 bits per heavy atom. The highest BCUT2D eigenvalue weighted by Crippen LogP contribution is 2.33. The Balaban J connectivity index is 1.69. The van der Waals surface area contributed by atoms with Crippen molar-refractivity contribution in [2.24, 2.45) is 0 Å². The number of para-hydroxylation sites is 1. The summed E-state index contributed by atoms with van der Waals surface area (Å²) in [6.45, 7) is -0.324. The van der Waals surface area contributed by atoms with Crippen LogP contribution < -0.4 is 5.32 Å². The number of carbonyl (C=O) groups excluding carboxylic acids is 1. The van der Waals surface area contributed by atoms with Crippen molar-refractivity contribution in [1.29, 1.82) is 0 Å². The molecular weight excluding hydrogens is 406 g/mol. The predicted molar refractivity (Wildman–Crippen MR) is 103 cm³/mol. The molecule has 2 aromatic heterocycles. The van der Waals surface area contributed by atoms with Crippen molar-refractivity contribution >= 4 is 44.7 Å². The van der Waals surface area contributed by atoms with Crippen LogP contribution in [-0.4, -0.2) is 47.4 Å². The summed E-state index contributed by atoms with van der Waals surface area (Å²) < 4.78 is 26.7. The zero-order chi connectivity index (χ0) is 19.3. The molecule has 1 aromatic carbocycles. The molecule has 0 fully saturated rings. The molecule has 0 unspecified atom stereocenters. The topological polar surface area (TPSA) is 105 Å². The van der Waals surface area contributed by atoms with Crippen molar-refractivity contribution in [3.8, 4) is 0 Å². The number of nitrogens with one attached hydrogen (secondary N) is 1. The molecule has 1 amide bonds. The Kier molecular flexibility index (Phi) is 6.16. The third-order valence-corrected chi connectivity index (χ3v) is 7.05. The van der Waals surface area contributed by atoms with Crippen LogP contribution in [0.2, 0.25) is 0 Å². The molecule has 140 valence electrons. The van der Waals surface area contributed by atoms with Gasteiger partial charge in [0.1, 0.15) is 10.4 Å². The molecule has 0 aliphatic carbocycles. The van der Waals surface area contributed by atoms with Gasteiger partial charge in [0.15, 0.2) is 4.34 Å². The first-order chi connectivity index (χ1) is 13.0. The summed E-state index contributed by atoms with van der Waals surface area (Å²) in [5.74, 6) is -0.449. The smallest absolute Gasteiger partial charge is 0.244 e. The molecule has 11 heteroatoms. The van der Waals surface area contributed by atoms with Gasteiger partial charge in [0.2, 0.25) is 15.9 Å². The van der Waals surface area contributed by atoms with Crippen LogP contribution in [0.25, 0.3) is 0 Å². The maximum Gasteiger partial charge on any atom is 0.244 e. The zero-order valence-electron chi connectivity index (χ0n) is 14.1. The minimum absolute atomic E-state index is 0.0347. The van der Waals surface area contributed by atoms with Crippen LogP contribution in [-0.2, 0) is 14.8 Å². The SMILES string of the molecule is CN(CC(=O)Nc1ccccc1Sc1nncs1)S(=O)(=O)c1cccnc1. The molecule has 3 rings (SSSR count).